The fourth-order valence-corrected chi connectivity index (χ4v) is 2.12. The van der Waals surface area contributed by atoms with E-state index in [9.17, 15) is 5.11 Å². The molecular weight excluding hydrogens is 212 g/mol. The van der Waals surface area contributed by atoms with Gasteiger partial charge >= 0.3 is 0 Å². The van der Waals surface area contributed by atoms with Crippen LogP contribution in [0.4, 0.5) is 0 Å². The topological polar surface area (TPSA) is 29.5 Å². The lowest BCUT2D eigenvalue weighted by Crippen LogP contribution is -2.40. The third kappa shape index (κ3) is 4.14. The van der Waals surface area contributed by atoms with Gasteiger partial charge in [0.2, 0.25) is 0 Å². The molecule has 96 valence electrons. The lowest BCUT2D eigenvalue weighted by atomic mass is 9.93. The van der Waals surface area contributed by atoms with E-state index in [4.69, 9.17) is 4.74 Å². The highest BCUT2D eigenvalue weighted by molar-refractivity contribution is 5.29. The minimum Gasteiger partial charge on any atom is -0.390 e. The average molecular weight is 236 g/mol. The van der Waals surface area contributed by atoms with Crippen LogP contribution in [0.25, 0.3) is 0 Å². The minimum atomic E-state index is -0.494. The standard InChI is InChI=1S/C15H24O2/c1-6-17-15(4,5)14(16)10-13-8-11(2)7-12(3)9-13/h7-9,14,16H,6,10H2,1-5H3. The summed E-state index contributed by atoms with van der Waals surface area (Å²) >= 11 is 0. The average Bonchev–Trinajstić information content (AvgIpc) is 2.15. The van der Waals surface area contributed by atoms with Crippen molar-refractivity contribution in [1.29, 1.82) is 0 Å². The lowest BCUT2D eigenvalue weighted by molar-refractivity contribution is -0.0955. The number of aryl methyl sites for hydroxylation is 2. The van der Waals surface area contributed by atoms with Crippen LogP contribution in [0.5, 0.6) is 0 Å². The van der Waals surface area contributed by atoms with Crippen molar-refractivity contribution in [1.82, 2.24) is 0 Å². The van der Waals surface area contributed by atoms with E-state index < -0.39 is 11.7 Å². The number of rotatable bonds is 5. The van der Waals surface area contributed by atoms with Crippen molar-refractivity contribution in [2.24, 2.45) is 0 Å². The van der Waals surface area contributed by atoms with Crippen LogP contribution in [0, 0.1) is 13.8 Å². The predicted octanol–water partition coefficient (Wildman–Crippen LogP) is 3.02. The Morgan fingerprint density at radius 1 is 1.18 bits per heavy atom. The second-order valence-corrected chi connectivity index (χ2v) is 5.25. The molecule has 2 nitrogen and oxygen atoms in total. The molecule has 0 amide bonds. The molecule has 1 unspecified atom stereocenters. The first-order valence-corrected chi connectivity index (χ1v) is 6.24. The molecule has 0 bridgehead atoms. The molecular formula is C15H24O2. The summed E-state index contributed by atoms with van der Waals surface area (Å²) < 4.78 is 5.57. The zero-order chi connectivity index (χ0) is 13.1. The van der Waals surface area contributed by atoms with Gasteiger partial charge in [-0.15, -0.1) is 0 Å². The molecule has 0 saturated carbocycles. The number of aliphatic hydroxyl groups is 1. The minimum absolute atomic E-state index is 0.483. The van der Waals surface area contributed by atoms with Gasteiger partial charge in [-0.25, -0.2) is 0 Å². The van der Waals surface area contributed by atoms with Gasteiger partial charge in [-0.1, -0.05) is 29.3 Å². The molecule has 1 rings (SSSR count). The summed E-state index contributed by atoms with van der Waals surface area (Å²) in [6.07, 6.45) is 0.152. The third-order valence-electron chi connectivity index (χ3n) is 3.03. The second-order valence-electron chi connectivity index (χ2n) is 5.25. The Hall–Kier alpha value is -0.860. The fourth-order valence-electron chi connectivity index (χ4n) is 2.12. The summed E-state index contributed by atoms with van der Waals surface area (Å²) in [5, 5.41) is 10.2. The Kier molecular flexibility index (Phi) is 4.72. The monoisotopic (exact) mass is 236 g/mol. The van der Waals surface area contributed by atoms with E-state index in [1.165, 1.54) is 16.7 Å². The molecule has 1 atom stereocenters. The van der Waals surface area contributed by atoms with Crippen molar-refractivity contribution in [3.05, 3.63) is 34.9 Å². The van der Waals surface area contributed by atoms with Crippen LogP contribution in [0.3, 0.4) is 0 Å². The number of aliphatic hydroxyl groups excluding tert-OH is 1. The van der Waals surface area contributed by atoms with Gasteiger partial charge in [0.25, 0.3) is 0 Å². The van der Waals surface area contributed by atoms with E-state index in [0.717, 1.165) is 0 Å². The molecule has 1 N–H and O–H groups in total. The zero-order valence-electron chi connectivity index (χ0n) is 11.6. The molecule has 0 spiro atoms. The first kappa shape index (κ1) is 14.2. The Balaban J connectivity index is 2.76. The number of benzene rings is 1. The fraction of sp³-hybridized carbons (Fsp3) is 0.600. The van der Waals surface area contributed by atoms with Gasteiger partial charge in [0.15, 0.2) is 0 Å². The van der Waals surface area contributed by atoms with Gasteiger partial charge in [0.05, 0.1) is 11.7 Å². The van der Waals surface area contributed by atoms with Gasteiger partial charge in [-0.05, 0) is 40.2 Å². The van der Waals surface area contributed by atoms with Crippen molar-refractivity contribution < 1.29 is 9.84 Å². The summed E-state index contributed by atoms with van der Waals surface area (Å²) in [5.74, 6) is 0. The van der Waals surface area contributed by atoms with E-state index in [0.29, 0.717) is 13.0 Å². The Morgan fingerprint density at radius 3 is 2.18 bits per heavy atom. The van der Waals surface area contributed by atoms with Crippen molar-refractivity contribution in [3.63, 3.8) is 0 Å². The van der Waals surface area contributed by atoms with Crippen LogP contribution < -0.4 is 0 Å². The van der Waals surface area contributed by atoms with Gasteiger partial charge < -0.3 is 9.84 Å². The molecule has 0 heterocycles. The molecule has 0 aliphatic heterocycles. The maximum absolute atomic E-state index is 10.2. The quantitative estimate of drug-likeness (QED) is 0.851. The summed E-state index contributed by atoms with van der Waals surface area (Å²) in [5.41, 5.74) is 3.15. The molecule has 0 aliphatic rings. The Bertz CT molecular complexity index is 349. The second kappa shape index (κ2) is 5.65. The van der Waals surface area contributed by atoms with E-state index in [1.54, 1.807) is 0 Å². The SMILES string of the molecule is CCOC(C)(C)C(O)Cc1cc(C)cc(C)c1. The van der Waals surface area contributed by atoms with Crippen LogP contribution in [0.15, 0.2) is 18.2 Å². The van der Waals surface area contributed by atoms with E-state index in [2.05, 4.69) is 32.0 Å². The van der Waals surface area contributed by atoms with Crippen LogP contribution in [-0.2, 0) is 11.2 Å². The molecule has 1 aromatic carbocycles. The summed E-state index contributed by atoms with van der Waals surface area (Å²) in [4.78, 5) is 0. The smallest absolute Gasteiger partial charge is 0.0887 e. The lowest BCUT2D eigenvalue weighted by Gasteiger charge is -2.30. The van der Waals surface area contributed by atoms with Gasteiger partial charge in [0.1, 0.15) is 0 Å². The van der Waals surface area contributed by atoms with Crippen molar-refractivity contribution >= 4 is 0 Å². The number of hydrogen-bond acceptors (Lipinski definition) is 2. The molecule has 0 fully saturated rings. The van der Waals surface area contributed by atoms with E-state index in [1.807, 2.05) is 20.8 Å². The van der Waals surface area contributed by atoms with Crippen molar-refractivity contribution in [3.8, 4) is 0 Å². The van der Waals surface area contributed by atoms with Crippen LogP contribution in [0.2, 0.25) is 0 Å². The molecule has 0 aliphatic carbocycles. The highest BCUT2D eigenvalue weighted by Crippen LogP contribution is 2.20. The van der Waals surface area contributed by atoms with Gasteiger partial charge in [0, 0.05) is 13.0 Å². The predicted molar refractivity (Wildman–Crippen MR) is 71.3 cm³/mol. The first-order chi connectivity index (χ1) is 7.85. The number of hydrogen-bond donors (Lipinski definition) is 1. The highest BCUT2D eigenvalue weighted by Gasteiger charge is 2.28. The Labute approximate surface area is 105 Å². The molecule has 1 aromatic rings. The normalized spacial score (nSPS) is 13.8. The van der Waals surface area contributed by atoms with E-state index >= 15 is 0 Å². The molecule has 0 aromatic heterocycles. The molecule has 17 heavy (non-hydrogen) atoms. The molecule has 0 radical (unpaired) electrons. The van der Waals surface area contributed by atoms with Gasteiger partial charge in [-0.3, -0.25) is 0 Å². The molecule has 0 saturated heterocycles. The van der Waals surface area contributed by atoms with Crippen LogP contribution >= 0.6 is 0 Å². The summed E-state index contributed by atoms with van der Waals surface area (Å²) in [6, 6.07) is 6.39. The first-order valence-electron chi connectivity index (χ1n) is 6.24. The zero-order valence-corrected chi connectivity index (χ0v) is 11.6. The third-order valence-corrected chi connectivity index (χ3v) is 3.03. The summed E-state index contributed by atoms with van der Waals surface area (Å²) in [7, 11) is 0. The summed E-state index contributed by atoms with van der Waals surface area (Å²) in [6.45, 7) is 10.6. The maximum Gasteiger partial charge on any atom is 0.0887 e. The van der Waals surface area contributed by atoms with Crippen molar-refractivity contribution in [2.45, 2.75) is 52.7 Å². The van der Waals surface area contributed by atoms with Crippen LogP contribution in [0.1, 0.15) is 37.5 Å². The highest BCUT2D eigenvalue weighted by atomic mass is 16.5. The van der Waals surface area contributed by atoms with E-state index in [-0.39, 0.29) is 0 Å². The maximum atomic E-state index is 10.2. The Morgan fingerprint density at radius 2 is 1.71 bits per heavy atom. The number of ether oxygens (including phenoxy) is 1. The van der Waals surface area contributed by atoms with Crippen LogP contribution in [-0.4, -0.2) is 23.4 Å². The van der Waals surface area contributed by atoms with Crippen molar-refractivity contribution in [2.75, 3.05) is 6.61 Å². The van der Waals surface area contributed by atoms with Gasteiger partial charge in [-0.2, -0.15) is 0 Å². The largest absolute Gasteiger partial charge is 0.390 e. The molecule has 2 heteroatoms.